The summed E-state index contributed by atoms with van der Waals surface area (Å²) in [6.45, 7) is 1.75. The van der Waals surface area contributed by atoms with Crippen molar-refractivity contribution in [2.24, 2.45) is 0 Å². The highest BCUT2D eigenvalue weighted by Crippen LogP contribution is 2.43. The summed E-state index contributed by atoms with van der Waals surface area (Å²) in [5.74, 6) is -2.07. The number of ketones is 1. The van der Waals surface area contributed by atoms with Crippen LogP contribution in [0.5, 0.6) is 0 Å². The molecule has 34 heavy (non-hydrogen) atoms. The second-order valence-corrected chi connectivity index (χ2v) is 7.72. The zero-order chi connectivity index (χ0) is 24.0. The number of aromatic carboxylic acids is 1. The molecule has 0 atom stereocenters. The minimum atomic E-state index is -1.04. The second-order valence-electron chi connectivity index (χ2n) is 7.72. The number of carboxylic acid groups (broad SMARTS) is 1. The summed E-state index contributed by atoms with van der Waals surface area (Å²) in [5, 5.41) is 12.7. The maximum Gasteiger partial charge on any atom is 0.344 e. The van der Waals surface area contributed by atoms with E-state index in [9.17, 15) is 19.2 Å². The normalized spacial score (nSPS) is 11.7. The number of fused-ring (bicyclic) bond motifs is 2. The highest BCUT2D eigenvalue weighted by molar-refractivity contribution is 6.29. The van der Waals surface area contributed by atoms with Crippen LogP contribution in [0.1, 0.15) is 43.6 Å². The molecule has 1 aromatic heterocycles. The smallest absolute Gasteiger partial charge is 0.344 e. The van der Waals surface area contributed by atoms with Gasteiger partial charge in [0.15, 0.2) is 5.78 Å². The third-order valence-electron chi connectivity index (χ3n) is 5.74. The summed E-state index contributed by atoms with van der Waals surface area (Å²) in [7, 11) is 0. The first-order valence-corrected chi connectivity index (χ1v) is 10.5. The second kappa shape index (κ2) is 8.00. The molecule has 0 aliphatic heterocycles. The number of hydrogen-bond acceptors (Lipinski definition) is 6. The van der Waals surface area contributed by atoms with Gasteiger partial charge in [-0.2, -0.15) is 0 Å². The molecule has 1 heterocycles. The van der Waals surface area contributed by atoms with Gasteiger partial charge in [0.05, 0.1) is 23.4 Å². The first-order valence-electron chi connectivity index (χ1n) is 10.5. The van der Waals surface area contributed by atoms with Crippen LogP contribution in [0.25, 0.3) is 22.0 Å². The number of anilines is 2. The number of esters is 1. The fourth-order valence-corrected chi connectivity index (χ4v) is 4.28. The van der Waals surface area contributed by atoms with Crippen molar-refractivity contribution in [2.75, 3.05) is 11.9 Å². The molecule has 0 fully saturated rings. The van der Waals surface area contributed by atoms with Crippen LogP contribution in [-0.2, 0) is 4.74 Å². The number of benzene rings is 3. The van der Waals surface area contributed by atoms with Crippen LogP contribution in [0.15, 0.2) is 65.5 Å². The van der Waals surface area contributed by atoms with Gasteiger partial charge in [-0.05, 0) is 48.9 Å². The topological polar surface area (TPSA) is 126 Å². The molecule has 5 rings (SSSR count). The molecule has 0 amide bonds. The van der Waals surface area contributed by atoms with Crippen LogP contribution in [0.4, 0.5) is 11.4 Å². The molecule has 0 saturated heterocycles. The van der Waals surface area contributed by atoms with E-state index in [0.717, 1.165) is 0 Å². The Kier molecular flexibility index (Phi) is 4.98. The van der Waals surface area contributed by atoms with Crippen molar-refractivity contribution in [3.05, 3.63) is 93.3 Å². The van der Waals surface area contributed by atoms with Gasteiger partial charge < -0.3 is 20.1 Å². The molecule has 8 heteroatoms. The molecule has 0 radical (unpaired) electrons. The Bertz CT molecular complexity index is 1570. The Hall–Kier alpha value is -4.72. The number of nitrogens with one attached hydrogen (secondary N) is 2. The molecule has 4 aromatic rings. The number of pyridine rings is 1. The fourth-order valence-electron chi connectivity index (χ4n) is 4.28. The Labute approximate surface area is 192 Å². The quantitative estimate of drug-likeness (QED) is 0.337. The molecule has 0 unspecified atom stereocenters. The minimum Gasteiger partial charge on any atom is -0.478 e. The lowest BCUT2D eigenvalue weighted by molar-refractivity contribution is 0.0524. The summed E-state index contributed by atoms with van der Waals surface area (Å²) in [6, 6.07) is 16.2. The van der Waals surface area contributed by atoms with Crippen LogP contribution in [-0.4, -0.2) is 34.4 Å². The molecule has 0 bridgehead atoms. The zero-order valence-electron chi connectivity index (χ0n) is 18.0. The first-order chi connectivity index (χ1) is 16.4. The number of hydrogen-bond donors (Lipinski definition) is 3. The Morgan fingerprint density at radius 2 is 1.65 bits per heavy atom. The van der Waals surface area contributed by atoms with Gasteiger partial charge in [-0.25, -0.2) is 9.59 Å². The van der Waals surface area contributed by atoms with Crippen LogP contribution in [0.3, 0.4) is 0 Å². The van der Waals surface area contributed by atoms with E-state index in [1.807, 2.05) is 0 Å². The molecule has 168 valence electrons. The number of carbonyl (C=O) groups excluding carboxylic acids is 2. The third-order valence-corrected chi connectivity index (χ3v) is 5.74. The lowest BCUT2D eigenvalue weighted by atomic mass is 9.81. The van der Waals surface area contributed by atoms with Gasteiger partial charge >= 0.3 is 11.9 Å². The summed E-state index contributed by atoms with van der Waals surface area (Å²) < 4.78 is 5.15. The third kappa shape index (κ3) is 3.24. The maximum atomic E-state index is 13.6. The maximum absolute atomic E-state index is 13.6. The number of aromatic nitrogens is 1. The van der Waals surface area contributed by atoms with E-state index < -0.39 is 17.5 Å². The van der Waals surface area contributed by atoms with E-state index in [1.54, 1.807) is 55.5 Å². The summed E-state index contributed by atoms with van der Waals surface area (Å²) in [6.07, 6.45) is 0. The van der Waals surface area contributed by atoms with Crippen molar-refractivity contribution in [1.82, 2.24) is 4.98 Å². The van der Waals surface area contributed by atoms with E-state index >= 15 is 0 Å². The van der Waals surface area contributed by atoms with Gasteiger partial charge in [-0.1, -0.05) is 24.3 Å². The summed E-state index contributed by atoms with van der Waals surface area (Å²) in [5.41, 5.74) is 2.33. The van der Waals surface area contributed by atoms with Gasteiger partial charge in [0.1, 0.15) is 5.56 Å². The molecular weight excluding hydrogens is 436 g/mol. The molecule has 8 nitrogen and oxygen atoms in total. The predicted octanol–water partition coefficient (Wildman–Crippen LogP) is 4.36. The number of carboxylic acids is 1. The van der Waals surface area contributed by atoms with Crippen molar-refractivity contribution in [1.29, 1.82) is 0 Å². The molecule has 1 aliphatic rings. The monoisotopic (exact) mass is 454 g/mol. The standard InChI is InChI=1S/C26H18N2O6/c1-2-34-26(33)22-19-15-5-3-4-6-16(15)23(29)21-18(12-11-17(20(19)21)28-24(22)30)27-14-9-7-13(8-10-14)25(31)32/h3-12,27H,2H2,1H3,(H,28,30)(H,31,32). The Morgan fingerprint density at radius 1 is 0.941 bits per heavy atom. The van der Waals surface area contributed by atoms with Gasteiger partial charge in [0, 0.05) is 27.7 Å². The number of H-pyrrole nitrogens is 1. The number of ether oxygens (including phenoxy) is 1. The van der Waals surface area contributed by atoms with E-state index in [0.29, 0.717) is 44.5 Å². The predicted molar refractivity (Wildman–Crippen MR) is 126 cm³/mol. The summed E-state index contributed by atoms with van der Waals surface area (Å²) in [4.78, 5) is 53.2. The summed E-state index contributed by atoms with van der Waals surface area (Å²) >= 11 is 0. The van der Waals surface area contributed by atoms with Crippen molar-refractivity contribution in [3.63, 3.8) is 0 Å². The zero-order valence-corrected chi connectivity index (χ0v) is 18.0. The Balaban J connectivity index is 1.79. The van der Waals surface area contributed by atoms with E-state index in [1.165, 1.54) is 12.1 Å². The molecule has 3 aromatic carbocycles. The average molecular weight is 454 g/mol. The lowest BCUT2D eigenvalue weighted by Gasteiger charge is -2.24. The van der Waals surface area contributed by atoms with Gasteiger partial charge in [-0.15, -0.1) is 0 Å². The van der Waals surface area contributed by atoms with Crippen LogP contribution >= 0.6 is 0 Å². The fraction of sp³-hybridized carbons (Fsp3) is 0.0769. The van der Waals surface area contributed by atoms with Crippen LogP contribution in [0, 0.1) is 0 Å². The molecule has 1 aliphatic carbocycles. The van der Waals surface area contributed by atoms with Crippen molar-refractivity contribution in [2.45, 2.75) is 6.92 Å². The molecule has 0 spiro atoms. The van der Waals surface area contributed by atoms with E-state index in [-0.39, 0.29) is 23.5 Å². The molecular formula is C26H18N2O6. The minimum absolute atomic E-state index is 0.0944. The molecule has 3 N–H and O–H groups in total. The SMILES string of the molecule is CCOC(=O)c1c2c3c(c(Nc4ccc(C(=O)O)cc4)ccc3[nH]c1=O)C(=O)c1ccccc1-2. The number of rotatable bonds is 5. The molecule has 0 saturated carbocycles. The van der Waals surface area contributed by atoms with Crippen molar-refractivity contribution < 1.29 is 24.2 Å². The lowest BCUT2D eigenvalue weighted by Crippen LogP contribution is -2.24. The van der Waals surface area contributed by atoms with Crippen molar-refractivity contribution in [3.8, 4) is 11.1 Å². The van der Waals surface area contributed by atoms with Crippen molar-refractivity contribution >= 4 is 40.0 Å². The average Bonchev–Trinajstić information content (AvgIpc) is 2.83. The highest BCUT2D eigenvalue weighted by Gasteiger charge is 2.33. The largest absolute Gasteiger partial charge is 0.478 e. The van der Waals surface area contributed by atoms with Crippen LogP contribution < -0.4 is 10.9 Å². The number of aromatic amines is 1. The number of carbonyl (C=O) groups is 3. The Morgan fingerprint density at radius 3 is 2.32 bits per heavy atom. The highest BCUT2D eigenvalue weighted by atomic mass is 16.5. The van der Waals surface area contributed by atoms with E-state index in [2.05, 4.69) is 10.3 Å². The van der Waals surface area contributed by atoms with Crippen LogP contribution in [0.2, 0.25) is 0 Å². The van der Waals surface area contributed by atoms with Gasteiger partial charge in [0.2, 0.25) is 0 Å². The van der Waals surface area contributed by atoms with Gasteiger partial charge in [0.25, 0.3) is 5.56 Å². The van der Waals surface area contributed by atoms with E-state index in [4.69, 9.17) is 9.84 Å². The first kappa shape index (κ1) is 21.1. The van der Waals surface area contributed by atoms with Gasteiger partial charge in [-0.3, -0.25) is 9.59 Å².